The standard InChI is InChI=1S/C9H10Cl2N4O2/c1-12-7(16)2-3-13-9(17)5-4-6(10)14-15-8(5)11/h4H,2-3H2,1H3,(H,12,16)(H,13,17). The lowest BCUT2D eigenvalue weighted by molar-refractivity contribution is -0.120. The maximum absolute atomic E-state index is 11.6. The second-order valence-electron chi connectivity index (χ2n) is 3.05. The van der Waals surface area contributed by atoms with E-state index < -0.39 is 5.91 Å². The van der Waals surface area contributed by atoms with Crippen molar-refractivity contribution in [3.8, 4) is 0 Å². The SMILES string of the molecule is CNC(=O)CCNC(=O)c1cc(Cl)nnc1Cl. The zero-order chi connectivity index (χ0) is 12.8. The van der Waals surface area contributed by atoms with Crippen LogP contribution in [0.1, 0.15) is 16.8 Å². The Kier molecular flexibility index (Phi) is 5.11. The zero-order valence-corrected chi connectivity index (χ0v) is 10.5. The van der Waals surface area contributed by atoms with E-state index in [0.29, 0.717) is 0 Å². The highest BCUT2D eigenvalue weighted by atomic mass is 35.5. The van der Waals surface area contributed by atoms with Crippen molar-refractivity contribution in [3.63, 3.8) is 0 Å². The van der Waals surface area contributed by atoms with Crippen LogP contribution in [0.2, 0.25) is 10.3 Å². The second-order valence-corrected chi connectivity index (χ2v) is 3.80. The maximum atomic E-state index is 11.6. The molecule has 0 aromatic carbocycles. The summed E-state index contributed by atoms with van der Waals surface area (Å²) in [6.07, 6.45) is 0.187. The first kappa shape index (κ1) is 13.7. The second kappa shape index (κ2) is 6.36. The lowest BCUT2D eigenvalue weighted by atomic mass is 10.3. The summed E-state index contributed by atoms with van der Waals surface area (Å²) < 4.78 is 0. The number of carbonyl (C=O) groups excluding carboxylic acids is 2. The molecular formula is C9H10Cl2N4O2. The molecule has 0 unspecified atom stereocenters. The van der Waals surface area contributed by atoms with E-state index in [1.807, 2.05) is 0 Å². The van der Waals surface area contributed by atoms with Gasteiger partial charge in [0.1, 0.15) is 0 Å². The van der Waals surface area contributed by atoms with Gasteiger partial charge in [0, 0.05) is 20.0 Å². The molecule has 17 heavy (non-hydrogen) atoms. The molecule has 2 amide bonds. The molecule has 1 aromatic rings. The van der Waals surface area contributed by atoms with Crippen molar-refractivity contribution >= 4 is 35.0 Å². The predicted octanol–water partition coefficient (Wildman–Crippen LogP) is 0.649. The molecule has 0 aliphatic carbocycles. The average molecular weight is 277 g/mol. The molecule has 0 aliphatic heterocycles. The highest BCUT2D eigenvalue weighted by molar-refractivity contribution is 6.34. The number of hydrogen-bond donors (Lipinski definition) is 2. The molecule has 0 spiro atoms. The van der Waals surface area contributed by atoms with Gasteiger partial charge in [-0.1, -0.05) is 23.2 Å². The first-order chi connectivity index (χ1) is 8.04. The Morgan fingerprint density at radius 2 is 2.06 bits per heavy atom. The maximum Gasteiger partial charge on any atom is 0.254 e. The first-order valence-corrected chi connectivity index (χ1v) is 5.47. The highest BCUT2D eigenvalue weighted by Crippen LogP contribution is 2.14. The Balaban J connectivity index is 2.58. The summed E-state index contributed by atoms with van der Waals surface area (Å²) in [6, 6.07) is 1.31. The number of aromatic nitrogens is 2. The number of amides is 2. The van der Waals surface area contributed by atoms with Crippen LogP contribution in [0.4, 0.5) is 0 Å². The zero-order valence-electron chi connectivity index (χ0n) is 8.96. The fraction of sp³-hybridized carbons (Fsp3) is 0.333. The molecule has 8 heteroatoms. The Morgan fingerprint density at radius 3 is 2.71 bits per heavy atom. The van der Waals surface area contributed by atoms with Gasteiger partial charge >= 0.3 is 0 Å². The Hall–Kier alpha value is -1.40. The summed E-state index contributed by atoms with van der Waals surface area (Å²) in [5.41, 5.74) is 0.128. The topological polar surface area (TPSA) is 84.0 Å². The van der Waals surface area contributed by atoms with Crippen LogP contribution < -0.4 is 10.6 Å². The van der Waals surface area contributed by atoms with Crippen LogP contribution >= 0.6 is 23.2 Å². The number of halogens is 2. The molecular weight excluding hydrogens is 267 g/mol. The van der Waals surface area contributed by atoms with Gasteiger partial charge in [0.2, 0.25) is 5.91 Å². The minimum Gasteiger partial charge on any atom is -0.359 e. The van der Waals surface area contributed by atoms with Crippen LogP contribution in [0.3, 0.4) is 0 Å². The summed E-state index contributed by atoms with van der Waals surface area (Å²) in [5, 5.41) is 12.0. The normalized spacial score (nSPS) is 9.82. The quantitative estimate of drug-likeness (QED) is 0.846. The number of carbonyl (C=O) groups is 2. The molecule has 6 nitrogen and oxygen atoms in total. The van der Waals surface area contributed by atoms with E-state index in [1.165, 1.54) is 13.1 Å². The molecule has 0 saturated heterocycles. The van der Waals surface area contributed by atoms with E-state index in [2.05, 4.69) is 20.8 Å². The summed E-state index contributed by atoms with van der Waals surface area (Å²) in [4.78, 5) is 22.6. The molecule has 0 fully saturated rings. The molecule has 2 N–H and O–H groups in total. The van der Waals surface area contributed by atoms with Crippen LogP contribution in [0.25, 0.3) is 0 Å². The van der Waals surface area contributed by atoms with Gasteiger partial charge in [-0.05, 0) is 6.07 Å². The van der Waals surface area contributed by atoms with E-state index in [1.54, 1.807) is 0 Å². The number of hydrogen-bond acceptors (Lipinski definition) is 4. The molecule has 0 aliphatic rings. The van der Waals surface area contributed by atoms with Crippen LogP contribution in [-0.4, -0.2) is 35.6 Å². The summed E-state index contributed by atoms with van der Waals surface area (Å²) >= 11 is 11.3. The van der Waals surface area contributed by atoms with Crippen molar-refractivity contribution in [1.82, 2.24) is 20.8 Å². The summed E-state index contributed by atoms with van der Waals surface area (Å²) in [6.45, 7) is 0.203. The van der Waals surface area contributed by atoms with E-state index >= 15 is 0 Å². The highest BCUT2D eigenvalue weighted by Gasteiger charge is 2.12. The third-order valence-electron chi connectivity index (χ3n) is 1.88. The van der Waals surface area contributed by atoms with E-state index in [9.17, 15) is 9.59 Å². The van der Waals surface area contributed by atoms with Gasteiger partial charge in [0.25, 0.3) is 5.91 Å². The number of rotatable bonds is 4. The molecule has 0 saturated carbocycles. The Morgan fingerprint density at radius 1 is 1.35 bits per heavy atom. The summed E-state index contributed by atoms with van der Waals surface area (Å²) in [7, 11) is 1.52. The van der Waals surface area contributed by atoms with E-state index in [0.717, 1.165) is 0 Å². The number of nitrogens with one attached hydrogen (secondary N) is 2. The lowest BCUT2D eigenvalue weighted by Gasteiger charge is -2.05. The van der Waals surface area contributed by atoms with Gasteiger partial charge in [-0.2, -0.15) is 0 Å². The van der Waals surface area contributed by atoms with Crippen LogP contribution in [0.15, 0.2) is 6.07 Å². The lowest BCUT2D eigenvalue weighted by Crippen LogP contribution is -2.29. The smallest absolute Gasteiger partial charge is 0.254 e. The van der Waals surface area contributed by atoms with Gasteiger partial charge in [0.05, 0.1) is 5.56 Å². The predicted molar refractivity (Wildman–Crippen MR) is 63.1 cm³/mol. The fourth-order valence-corrected chi connectivity index (χ4v) is 1.35. The van der Waals surface area contributed by atoms with Crippen molar-refractivity contribution in [1.29, 1.82) is 0 Å². The van der Waals surface area contributed by atoms with Crippen LogP contribution in [0.5, 0.6) is 0 Å². The van der Waals surface area contributed by atoms with Crippen LogP contribution in [-0.2, 0) is 4.79 Å². The molecule has 1 rings (SSSR count). The molecule has 0 radical (unpaired) electrons. The first-order valence-electron chi connectivity index (χ1n) is 4.72. The van der Waals surface area contributed by atoms with Gasteiger partial charge in [0.15, 0.2) is 10.3 Å². The molecule has 1 heterocycles. The van der Waals surface area contributed by atoms with E-state index in [4.69, 9.17) is 23.2 Å². The van der Waals surface area contributed by atoms with E-state index in [-0.39, 0.29) is 34.7 Å². The third kappa shape index (κ3) is 4.16. The van der Waals surface area contributed by atoms with Crippen LogP contribution in [0, 0.1) is 0 Å². The molecule has 92 valence electrons. The third-order valence-corrected chi connectivity index (χ3v) is 2.34. The van der Waals surface area contributed by atoms with Gasteiger partial charge in [-0.15, -0.1) is 10.2 Å². The fourth-order valence-electron chi connectivity index (χ4n) is 1.02. The van der Waals surface area contributed by atoms with Gasteiger partial charge in [-0.25, -0.2) is 0 Å². The molecule has 1 aromatic heterocycles. The van der Waals surface area contributed by atoms with Crippen molar-refractivity contribution in [2.45, 2.75) is 6.42 Å². The molecule has 0 bridgehead atoms. The Bertz CT molecular complexity index is 439. The average Bonchev–Trinajstić information content (AvgIpc) is 2.31. The van der Waals surface area contributed by atoms with Crippen molar-refractivity contribution in [3.05, 3.63) is 21.9 Å². The minimum atomic E-state index is -0.448. The summed E-state index contributed by atoms with van der Waals surface area (Å²) in [5.74, 6) is -0.613. The van der Waals surface area contributed by atoms with Gasteiger partial charge < -0.3 is 10.6 Å². The van der Waals surface area contributed by atoms with Gasteiger partial charge in [-0.3, -0.25) is 9.59 Å². The van der Waals surface area contributed by atoms with Crippen molar-refractivity contribution < 1.29 is 9.59 Å². The monoisotopic (exact) mass is 276 g/mol. The largest absolute Gasteiger partial charge is 0.359 e. The Labute approximate surface area is 108 Å². The minimum absolute atomic E-state index is 0.0353. The van der Waals surface area contributed by atoms with Crippen molar-refractivity contribution in [2.75, 3.05) is 13.6 Å². The number of nitrogens with zero attached hydrogens (tertiary/aromatic N) is 2. The molecule has 0 atom stereocenters. The van der Waals surface area contributed by atoms with Crippen molar-refractivity contribution in [2.24, 2.45) is 0 Å².